The van der Waals surface area contributed by atoms with E-state index in [1.165, 1.54) is 25.7 Å². The molecule has 1 rings (SSSR count). The molecule has 2 N–H and O–H groups in total. The van der Waals surface area contributed by atoms with E-state index in [1.807, 2.05) is 4.90 Å². The lowest BCUT2D eigenvalue weighted by Gasteiger charge is -2.32. The van der Waals surface area contributed by atoms with Gasteiger partial charge in [0.25, 0.3) is 0 Å². The van der Waals surface area contributed by atoms with Crippen LogP contribution in [0.1, 0.15) is 59.8 Å². The lowest BCUT2D eigenvalue weighted by atomic mass is 9.85. The van der Waals surface area contributed by atoms with Crippen LogP contribution in [0.2, 0.25) is 0 Å². The highest BCUT2D eigenvalue weighted by molar-refractivity contribution is 5.77. The molecular formula is C14H28N2O. The quantitative estimate of drug-likeness (QED) is 0.821. The van der Waals surface area contributed by atoms with Crippen molar-refractivity contribution in [3.05, 3.63) is 0 Å². The Labute approximate surface area is 106 Å². The highest BCUT2D eigenvalue weighted by Gasteiger charge is 2.29. The molecule has 100 valence electrons. The van der Waals surface area contributed by atoms with Gasteiger partial charge in [-0.05, 0) is 25.2 Å². The van der Waals surface area contributed by atoms with Crippen molar-refractivity contribution in [3.63, 3.8) is 0 Å². The van der Waals surface area contributed by atoms with E-state index in [4.69, 9.17) is 5.73 Å². The molecular weight excluding hydrogens is 212 g/mol. The van der Waals surface area contributed by atoms with Crippen LogP contribution in [-0.2, 0) is 4.79 Å². The summed E-state index contributed by atoms with van der Waals surface area (Å²) in [7, 11) is 0. The van der Waals surface area contributed by atoms with E-state index in [2.05, 4.69) is 27.7 Å². The Morgan fingerprint density at radius 3 is 2.29 bits per heavy atom. The average molecular weight is 240 g/mol. The van der Waals surface area contributed by atoms with E-state index >= 15 is 0 Å². The molecule has 1 aliphatic carbocycles. The van der Waals surface area contributed by atoms with E-state index in [0.29, 0.717) is 12.5 Å². The highest BCUT2D eigenvalue weighted by Crippen LogP contribution is 2.26. The lowest BCUT2D eigenvalue weighted by molar-refractivity contribution is -0.134. The van der Waals surface area contributed by atoms with E-state index in [1.54, 1.807) is 0 Å². The summed E-state index contributed by atoms with van der Waals surface area (Å²) < 4.78 is 0. The van der Waals surface area contributed by atoms with Crippen molar-refractivity contribution in [2.45, 2.75) is 71.9 Å². The molecule has 3 heteroatoms. The topological polar surface area (TPSA) is 46.3 Å². The minimum atomic E-state index is -0.0505. The van der Waals surface area contributed by atoms with Gasteiger partial charge in [-0.2, -0.15) is 0 Å². The van der Waals surface area contributed by atoms with Crippen LogP contribution in [0.5, 0.6) is 0 Å². The van der Waals surface area contributed by atoms with Crippen molar-refractivity contribution >= 4 is 5.91 Å². The molecule has 1 fully saturated rings. The monoisotopic (exact) mass is 240 g/mol. The Kier molecular flexibility index (Phi) is 4.99. The fourth-order valence-corrected chi connectivity index (χ4v) is 2.47. The minimum absolute atomic E-state index is 0.00471. The maximum atomic E-state index is 12.3. The molecule has 0 aromatic rings. The second kappa shape index (κ2) is 5.85. The second-order valence-electron chi connectivity index (χ2n) is 6.29. The molecule has 1 saturated carbocycles. The Hall–Kier alpha value is -0.570. The van der Waals surface area contributed by atoms with Crippen LogP contribution in [-0.4, -0.2) is 29.4 Å². The number of nitrogens with zero attached hydrogens (tertiary/aromatic N) is 1. The van der Waals surface area contributed by atoms with Gasteiger partial charge >= 0.3 is 0 Å². The van der Waals surface area contributed by atoms with Crippen molar-refractivity contribution in [1.82, 2.24) is 4.90 Å². The molecule has 3 nitrogen and oxygen atoms in total. The maximum Gasteiger partial charge on any atom is 0.224 e. The SMILES string of the molecule is CCN(C(=O)CC(N)C(C)(C)C)C1CCCC1. The summed E-state index contributed by atoms with van der Waals surface area (Å²) in [6.45, 7) is 9.17. The summed E-state index contributed by atoms with van der Waals surface area (Å²) in [6.07, 6.45) is 5.35. The normalized spacial score (nSPS) is 19.4. The summed E-state index contributed by atoms with van der Waals surface area (Å²) in [5.74, 6) is 0.238. The van der Waals surface area contributed by atoms with Gasteiger partial charge in [0.15, 0.2) is 0 Å². The van der Waals surface area contributed by atoms with Gasteiger partial charge in [0.05, 0.1) is 0 Å². The Morgan fingerprint density at radius 2 is 1.88 bits per heavy atom. The van der Waals surface area contributed by atoms with Gasteiger partial charge in [-0.25, -0.2) is 0 Å². The van der Waals surface area contributed by atoms with Crippen LogP contribution < -0.4 is 5.73 Å². The molecule has 0 aromatic carbocycles. The first-order chi connectivity index (χ1) is 7.86. The van der Waals surface area contributed by atoms with Crippen molar-refractivity contribution < 1.29 is 4.79 Å². The maximum absolute atomic E-state index is 12.3. The molecule has 0 spiro atoms. The van der Waals surface area contributed by atoms with Gasteiger partial charge < -0.3 is 10.6 Å². The molecule has 1 aliphatic rings. The Morgan fingerprint density at radius 1 is 1.35 bits per heavy atom. The van der Waals surface area contributed by atoms with Crippen LogP contribution in [0.25, 0.3) is 0 Å². The number of hydrogen-bond acceptors (Lipinski definition) is 2. The zero-order chi connectivity index (χ0) is 13.1. The fourth-order valence-electron chi connectivity index (χ4n) is 2.47. The van der Waals surface area contributed by atoms with E-state index in [0.717, 1.165) is 6.54 Å². The van der Waals surface area contributed by atoms with Crippen LogP contribution in [0.3, 0.4) is 0 Å². The molecule has 0 bridgehead atoms. The van der Waals surface area contributed by atoms with Gasteiger partial charge in [0, 0.05) is 25.0 Å². The van der Waals surface area contributed by atoms with Crippen molar-refractivity contribution in [3.8, 4) is 0 Å². The third kappa shape index (κ3) is 3.98. The fraction of sp³-hybridized carbons (Fsp3) is 0.929. The van der Waals surface area contributed by atoms with Gasteiger partial charge in [0.2, 0.25) is 5.91 Å². The zero-order valence-corrected chi connectivity index (χ0v) is 11.8. The third-order valence-electron chi connectivity index (χ3n) is 3.93. The summed E-state index contributed by atoms with van der Waals surface area (Å²) in [5.41, 5.74) is 6.10. The molecule has 17 heavy (non-hydrogen) atoms. The zero-order valence-electron chi connectivity index (χ0n) is 11.8. The summed E-state index contributed by atoms with van der Waals surface area (Å²) in [4.78, 5) is 14.3. The van der Waals surface area contributed by atoms with Crippen LogP contribution in [0, 0.1) is 5.41 Å². The molecule has 0 aromatic heterocycles. The highest BCUT2D eigenvalue weighted by atomic mass is 16.2. The first-order valence-corrected chi connectivity index (χ1v) is 6.91. The van der Waals surface area contributed by atoms with Crippen LogP contribution in [0.4, 0.5) is 0 Å². The van der Waals surface area contributed by atoms with E-state index in [-0.39, 0.29) is 17.4 Å². The summed E-state index contributed by atoms with van der Waals surface area (Å²) in [6, 6.07) is 0.421. The number of nitrogens with two attached hydrogens (primary N) is 1. The largest absolute Gasteiger partial charge is 0.340 e. The van der Waals surface area contributed by atoms with Crippen LogP contribution >= 0.6 is 0 Å². The van der Waals surface area contributed by atoms with Crippen LogP contribution in [0.15, 0.2) is 0 Å². The number of rotatable bonds is 4. The smallest absolute Gasteiger partial charge is 0.224 e. The van der Waals surface area contributed by atoms with Gasteiger partial charge in [-0.3, -0.25) is 4.79 Å². The first-order valence-electron chi connectivity index (χ1n) is 6.91. The Balaban J connectivity index is 2.54. The van der Waals surface area contributed by atoms with E-state index in [9.17, 15) is 4.79 Å². The number of hydrogen-bond donors (Lipinski definition) is 1. The van der Waals surface area contributed by atoms with Crippen molar-refractivity contribution in [1.29, 1.82) is 0 Å². The predicted molar refractivity (Wildman–Crippen MR) is 71.7 cm³/mol. The number of carbonyl (C=O) groups is 1. The molecule has 0 radical (unpaired) electrons. The molecule has 1 atom stereocenters. The minimum Gasteiger partial charge on any atom is -0.340 e. The van der Waals surface area contributed by atoms with Gasteiger partial charge in [-0.15, -0.1) is 0 Å². The molecule has 0 saturated heterocycles. The number of carbonyl (C=O) groups excluding carboxylic acids is 1. The van der Waals surface area contributed by atoms with Gasteiger partial charge in [0.1, 0.15) is 0 Å². The third-order valence-corrected chi connectivity index (χ3v) is 3.93. The van der Waals surface area contributed by atoms with E-state index < -0.39 is 0 Å². The Bertz CT molecular complexity index is 251. The first kappa shape index (κ1) is 14.5. The molecule has 1 unspecified atom stereocenters. The van der Waals surface area contributed by atoms with Gasteiger partial charge in [-0.1, -0.05) is 33.6 Å². The summed E-state index contributed by atoms with van der Waals surface area (Å²) >= 11 is 0. The second-order valence-corrected chi connectivity index (χ2v) is 6.29. The van der Waals surface area contributed by atoms with Crippen molar-refractivity contribution in [2.24, 2.45) is 11.1 Å². The number of amides is 1. The van der Waals surface area contributed by atoms with Crippen molar-refractivity contribution in [2.75, 3.05) is 6.54 Å². The molecule has 1 amide bonds. The predicted octanol–water partition coefficient (Wildman–Crippen LogP) is 2.54. The molecule has 0 aliphatic heterocycles. The lowest BCUT2D eigenvalue weighted by Crippen LogP contribution is -2.44. The standard InChI is InChI=1S/C14H28N2O/c1-5-16(11-8-6-7-9-11)13(17)10-12(15)14(2,3)4/h11-12H,5-10,15H2,1-4H3. The average Bonchev–Trinajstić information content (AvgIpc) is 2.70. The molecule has 0 heterocycles. The summed E-state index contributed by atoms with van der Waals surface area (Å²) in [5, 5.41) is 0.